The highest BCUT2D eigenvalue weighted by Gasteiger charge is 2.31. The lowest BCUT2D eigenvalue weighted by atomic mass is 10.4. The predicted octanol–water partition coefficient (Wildman–Crippen LogP) is 1.09. The molecule has 0 radical (unpaired) electrons. The molecule has 1 heterocycles. The van der Waals surface area contributed by atoms with Gasteiger partial charge in [0.2, 0.25) is 0 Å². The van der Waals surface area contributed by atoms with Crippen molar-refractivity contribution in [3.8, 4) is 0 Å². The average Bonchev–Trinajstić information content (AvgIpc) is 2.36. The molecular weight excluding hydrogens is 142 g/mol. The zero-order valence-electron chi connectivity index (χ0n) is 7.30. The summed E-state index contributed by atoms with van der Waals surface area (Å²) in [5.41, 5.74) is 0. The van der Waals surface area contributed by atoms with E-state index >= 15 is 0 Å². The van der Waals surface area contributed by atoms with Gasteiger partial charge in [0.15, 0.2) is 0 Å². The number of hydroxylamine groups is 3. The second-order valence-electron chi connectivity index (χ2n) is 3.27. The Balaban J connectivity index is 2.39. The van der Waals surface area contributed by atoms with Gasteiger partial charge < -0.3 is 0 Å². The lowest BCUT2D eigenvalue weighted by Crippen LogP contribution is -2.42. The smallest absolute Gasteiger partial charge is 0.277 e. The van der Waals surface area contributed by atoms with Crippen LogP contribution in [0.3, 0.4) is 0 Å². The van der Waals surface area contributed by atoms with Crippen LogP contribution in [0.2, 0.25) is 0 Å². The number of quaternary nitrogens is 1. The molecule has 0 bridgehead atoms. The van der Waals surface area contributed by atoms with E-state index in [0.29, 0.717) is 11.1 Å². The van der Waals surface area contributed by atoms with Gasteiger partial charge in [0.05, 0.1) is 0 Å². The molecule has 3 nitrogen and oxygen atoms in total. The molecule has 0 aromatic carbocycles. The quantitative estimate of drug-likeness (QED) is 0.562. The Hall–Kier alpha value is -0.570. The van der Waals surface area contributed by atoms with Crippen molar-refractivity contribution in [3.63, 3.8) is 0 Å². The Morgan fingerprint density at radius 1 is 1.45 bits per heavy atom. The number of rotatable bonds is 2. The Morgan fingerprint density at radius 3 is 2.45 bits per heavy atom. The normalized spacial score (nSPS) is 21.6. The van der Waals surface area contributed by atoms with Crippen molar-refractivity contribution in [1.82, 2.24) is 0 Å². The van der Waals surface area contributed by atoms with Crippen LogP contribution in [0.5, 0.6) is 0 Å². The maximum absolute atomic E-state index is 10.9. The molecule has 64 valence electrons. The van der Waals surface area contributed by atoms with E-state index in [1.54, 1.807) is 0 Å². The van der Waals surface area contributed by atoms with E-state index in [2.05, 4.69) is 0 Å². The highest BCUT2D eigenvalue weighted by molar-refractivity contribution is 5.68. The lowest BCUT2D eigenvalue weighted by Gasteiger charge is -2.24. The summed E-state index contributed by atoms with van der Waals surface area (Å²) in [7, 11) is 1.97. The number of carbonyl (C=O) groups excluding carboxylic acids is 1. The number of nitrogens with zero attached hydrogens (tertiary/aromatic N) is 1. The SMILES string of the molecule is CCC(=O)O[N+]1(C)CCCC1. The Kier molecular flexibility index (Phi) is 2.49. The summed E-state index contributed by atoms with van der Waals surface area (Å²) in [6.07, 6.45) is 2.83. The van der Waals surface area contributed by atoms with Gasteiger partial charge in [-0.2, -0.15) is 0 Å². The van der Waals surface area contributed by atoms with Gasteiger partial charge in [0.1, 0.15) is 20.1 Å². The molecule has 0 unspecified atom stereocenters. The minimum absolute atomic E-state index is 0.0885. The van der Waals surface area contributed by atoms with Crippen molar-refractivity contribution in [2.75, 3.05) is 20.1 Å². The van der Waals surface area contributed by atoms with Crippen LogP contribution in [-0.4, -0.2) is 30.8 Å². The number of carbonyl (C=O) groups is 1. The molecule has 0 aliphatic carbocycles. The summed E-state index contributed by atoms with van der Waals surface area (Å²) in [6.45, 7) is 3.78. The van der Waals surface area contributed by atoms with E-state index in [1.807, 2.05) is 14.0 Å². The monoisotopic (exact) mass is 158 g/mol. The highest BCUT2D eigenvalue weighted by atomic mass is 16.7. The first-order valence-electron chi connectivity index (χ1n) is 4.23. The third-order valence-electron chi connectivity index (χ3n) is 2.12. The van der Waals surface area contributed by atoms with E-state index in [-0.39, 0.29) is 5.97 Å². The molecule has 0 spiro atoms. The van der Waals surface area contributed by atoms with E-state index in [0.717, 1.165) is 13.1 Å². The van der Waals surface area contributed by atoms with Crippen LogP contribution in [-0.2, 0) is 9.63 Å². The molecule has 0 amide bonds. The van der Waals surface area contributed by atoms with Crippen LogP contribution in [0.4, 0.5) is 0 Å². The Bertz CT molecular complexity index is 150. The first-order valence-corrected chi connectivity index (χ1v) is 4.23. The van der Waals surface area contributed by atoms with Crippen LogP contribution >= 0.6 is 0 Å². The summed E-state index contributed by atoms with van der Waals surface area (Å²) >= 11 is 0. The number of hydrogen-bond acceptors (Lipinski definition) is 2. The fourth-order valence-corrected chi connectivity index (χ4v) is 1.41. The molecule has 0 aromatic rings. The van der Waals surface area contributed by atoms with Gasteiger partial charge in [-0.1, -0.05) is 6.92 Å². The molecule has 1 rings (SSSR count). The molecule has 3 heteroatoms. The molecule has 0 saturated carbocycles. The van der Waals surface area contributed by atoms with E-state index in [1.165, 1.54) is 12.8 Å². The average molecular weight is 158 g/mol. The van der Waals surface area contributed by atoms with Gasteiger partial charge in [0.25, 0.3) is 0 Å². The first-order chi connectivity index (χ1) is 5.16. The second-order valence-corrected chi connectivity index (χ2v) is 3.27. The van der Waals surface area contributed by atoms with Crippen molar-refractivity contribution >= 4 is 5.97 Å². The van der Waals surface area contributed by atoms with E-state index in [4.69, 9.17) is 4.84 Å². The lowest BCUT2D eigenvalue weighted by molar-refractivity contribution is -1.07. The van der Waals surface area contributed by atoms with Crippen LogP contribution in [0.15, 0.2) is 0 Å². The van der Waals surface area contributed by atoms with Crippen LogP contribution in [0, 0.1) is 0 Å². The molecule has 0 N–H and O–H groups in total. The van der Waals surface area contributed by atoms with Gasteiger partial charge in [-0.15, -0.1) is 4.65 Å². The molecule has 0 aromatic heterocycles. The van der Waals surface area contributed by atoms with Gasteiger partial charge in [-0.3, -0.25) is 4.84 Å². The maximum atomic E-state index is 10.9. The predicted molar refractivity (Wildman–Crippen MR) is 41.5 cm³/mol. The second kappa shape index (κ2) is 3.22. The van der Waals surface area contributed by atoms with Crippen molar-refractivity contribution in [1.29, 1.82) is 0 Å². The fraction of sp³-hybridized carbons (Fsp3) is 0.875. The van der Waals surface area contributed by atoms with Crippen molar-refractivity contribution < 1.29 is 14.3 Å². The third-order valence-corrected chi connectivity index (χ3v) is 2.12. The summed E-state index contributed by atoms with van der Waals surface area (Å²) in [5, 5.41) is 0. The van der Waals surface area contributed by atoms with E-state index in [9.17, 15) is 4.79 Å². The van der Waals surface area contributed by atoms with Crippen LogP contribution < -0.4 is 0 Å². The highest BCUT2D eigenvalue weighted by Crippen LogP contribution is 2.17. The summed E-state index contributed by atoms with van der Waals surface area (Å²) < 4.78 is 0.493. The molecule has 1 saturated heterocycles. The van der Waals surface area contributed by atoms with Gasteiger partial charge in [-0.25, -0.2) is 4.79 Å². The zero-order valence-corrected chi connectivity index (χ0v) is 7.30. The molecule has 1 fully saturated rings. The zero-order chi connectivity index (χ0) is 8.32. The van der Waals surface area contributed by atoms with Crippen molar-refractivity contribution in [2.45, 2.75) is 26.2 Å². The molecule has 11 heavy (non-hydrogen) atoms. The van der Waals surface area contributed by atoms with Gasteiger partial charge in [-0.05, 0) is 0 Å². The van der Waals surface area contributed by atoms with Gasteiger partial charge >= 0.3 is 5.97 Å². The molecule has 1 aliphatic heterocycles. The molecular formula is C8H16NO2+. The van der Waals surface area contributed by atoms with Crippen LogP contribution in [0.25, 0.3) is 0 Å². The Labute approximate surface area is 67.5 Å². The Morgan fingerprint density at radius 2 is 2.00 bits per heavy atom. The largest absolute Gasteiger partial charge is 0.366 e. The topological polar surface area (TPSA) is 26.3 Å². The van der Waals surface area contributed by atoms with Gasteiger partial charge in [0, 0.05) is 19.3 Å². The maximum Gasteiger partial charge on any atom is 0.366 e. The van der Waals surface area contributed by atoms with Crippen molar-refractivity contribution in [2.24, 2.45) is 0 Å². The number of hydrogen-bond donors (Lipinski definition) is 0. The minimum atomic E-state index is -0.0885. The molecule has 0 atom stereocenters. The third kappa shape index (κ3) is 2.19. The molecule has 1 aliphatic rings. The first kappa shape index (κ1) is 8.53. The summed E-state index contributed by atoms with van der Waals surface area (Å²) in [5.74, 6) is -0.0885. The van der Waals surface area contributed by atoms with E-state index < -0.39 is 0 Å². The minimum Gasteiger partial charge on any atom is -0.277 e. The van der Waals surface area contributed by atoms with Crippen molar-refractivity contribution in [3.05, 3.63) is 0 Å². The fourth-order valence-electron chi connectivity index (χ4n) is 1.41. The standard InChI is InChI=1S/C8H16NO2/c1-3-8(10)11-9(2)6-4-5-7-9/h3-7H2,1-2H3/q+1. The summed E-state index contributed by atoms with van der Waals surface area (Å²) in [4.78, 5) is 16.2. The summed E-state index contributed by atoms with van der Waals surface area (Å²) in [6, 6.07) is 0. The number of likely N-dealkylation sites (tertiary alicyclic amines) is 1. The van der Waals surface area contributed by atoms with Crippen LogP contribution in [0.1, 0.15) is 26.2 Å².